The highest BCUT2D eigenvalue weighted by atomic mass is 32.2. The van der Waals surface area contributed by atoms with Crippen molar-refractivity contribution in [1.29, 1.82) is 0 Å². The van der Waals surface area contributed by atoms with Crippen molar-refractivity contribution >= 4 is 129 Å². The van der Waals surface area contributed by atoms with E-state index in [1.54, 1.807) is 0 Å². The Balaban J connectivity index is -0.000000502. The van der Waals surface area contributed by atoms with Gasteiger partial charge in [-0.05, 0) is 183 Å². The normalized spacial score (nSPS) is 13.9. The minimum Gasteiger partial charge on any atom is -0.480 e. The molecule has 3 aromatic rings. The summed E-state index contributed by atoms with van der Waals surface area (Å²) in [5.41, 5.74) is 13.2. The fraction of sp³-hybridized carbons (Fsp3) is 0.671. The molecule has 2 amide bonds. The number of amides is 2. The molecule has 3 rings (SSSR count). The number of carboxylic acids is 3. The van der Waals surface area contributed by atoms with Crippen LogP contribution in [0.1, 0.15) is 170 Å². The van der Waals surface area contributed by atoms with E-state index in [4.69, 9.17) is 72.7 Å². The zero-order valence-electron chi connectivity index (χ0n) is 81.9. The van der Waals surface area contributed by atoms with Crippen molar-refractivity contribution in [2.24, 2.45) is 41.1 Å². The van der Waals surface area contributed by atoms with Crippen molar-refractivity contribution in [2.45, 2.75) is 221 Å². The summed E-state index contributed by atoms with van der Waals surface area (Å²) < 4.78 is 251. The third kappa shape index (κ3) is 93.0. The zero-order chi connectivity index (χ0) is 110. The second kappa shape index (κ2) is 77.6. The minimum atomic E-state index is -3.99. The number of carbonyl (C=O) groups is 8. The van der Waals surface area contributed by atoms with Crippen LogP contribution in [0, 0.1) is 29.6 Å². The number of primary amides is 2. The molecule has 3 aromatic carbocycles. The number of methoxy groups -OCH3 is 1. The molecule has 820 valence electrons. The SMILES string of the molecule is C=CCOC(=O)[C@@H](NCCCS(=O)(=O)O)C(C)C.CC(C)C[C@H](NCCCS(=O)(=O)O)C(=O)OCc1ccccc1.CC(C)C[C@H](NCCCS(=O)(=O)O)C(N)=O.CCC(C)[C@H](NCCCS(=O)(=O)O)C(=O)O.CCC(C)[C@H](NCCCS(=O)(=O)O)C(=O)OC.C[C@H](NCCCS(=O)(=O)O)C(=O)O.NC(=O)[C@H](Cc1ccccc1)NCCCS(=O)(=O)O.O=C(O)[C@H](Cc1ccccc1)NCCCS(=O)(=O)O. The zero-order valence-corrected chi connectivity index (χ0v) is 88.5. The summed E-state index contributed by atoms with van der Waals surface area (Å²) in [5, 5.41) is 49.1. The Bertz CT molecular complexity index is 4890. The van der Waals surface area contributed by atoms with Crippen LogP contribution in [0.25, 0.3) is 0 Å². The molecule has 0 aliphatic carbocycles. The maximum absolute atomic E-state index is 12.2. The van der Waals surface area contributed by atoms with Gasteiger partial charge in [-0.3, -0.25) is 74.8 Å². The fourth-order valence-electron chi connectivity index (χ4n) is 11.3. The summed E-state index contributed by atoms with van der Waals surface area (Å²) in [5.74, 6) is -6.94. The summed E-state index contributed by atoms with van der Waals surface area (Å²) in [4.78, 5) is 89.8. The van der Waals surface area contributed by atoms with Gasteiger partial charge in [0.05, 0.1) is 65.2 Å². The summed E-state index contributed by atoms with van der Waals surface area (Å²) in [6, 6.07) is 23.4. The van der Waals surface area contributed by atoms with Gasteiger partial charge < -0.3 is 83.5 Å². The first-order chi connectivity index (χ1) is 65.0. The van der Waals surface area contributed by atoms with Gasteiger partial charge in [-0.15, -0.1) is 0 Å². The van der Waals surface area contributed by atoms with Gasteiger partial charge in [-0.25, -0.2) is 0 Å². The summed E-state index contributed by atoms with van der Waals surface area (Å²) in [7, 11) is -30.3. The monoisotopic (exact) mass is 2180 g/mol. The van der Waals surface area contributed by atoms with Gasteiger partial charge in [0, 0.05) is 0 Å². The van der Waals surface area contributed by atoms with Gasteiger partial charge >= 0.3 is 35.8 Å². The van der Waals surface area contributed by atoms with E-state index in [1.165, 1.54) is 20.1 Å². The first kappa shape index (κ1) is 142. The second-order valence-corrected chi connectivity index (χ2v) is 45.7. The number of rotatable bonds is 65. The van der Waals surface area contributed by atoms with Crippen LogP contribution >= 0.6 is 0 Å². The number of carbonyl (C=O) groups excluding carboxylic acids is 5. The van der Waals surface area contributed by atoms with Crippen molar-refractivity contribution in [1.82, 2.24) is 42.5 Å². The molecule has 0 heterocycles. The standard InChI is InChI=1S/C16H25NO5S.C12H18N2O4S.C12H17NO5S.C11H21NO5S.C10H21NO5S.C9H20N2O4S.C9H19NO5S.C6H13NO5S/c1-13(2)11-15(17-9-6-10-23(19,20)21)16(18)22-12-14-7-4-3-5-8-14;13-12(15)11(9-10-5-2-1-3-6-10)14-7-4-8-19(16,17)18;14-12(15)11(9-10-5-2-1-3-6-10)13-7-4-8-19(16,17)18;1-4-7-17-11(13)10(9(2)3)12-6-5-8-18(14,15)16;1-4-8(2)9(10(12)16-3)11-6-5-7-17(13,14)15;1-7(2)6-8(9(10)12)11-4-3-5-16(13,14)15;1-3-7(2)8(9(11)12)10-5-4-6-16(13,14)15;1-5(6(8)9)7-3-2-4-13(10,11)12/h3-5,7-8,13,15,17H,6,9-12H2,1-2H3,(H,19,20,21);1-3,5-6,11,14H,4,7-9H2,(H2,13,15)(H,16,17,18);1-3,5-6,11,13H,4,7-9H2,(H,14,15)(H,16,17,18);4,9-10,12H,1,5-8H2,2-3H3,(H,14,15,16);8-9,11H,4-7H2,1-3H3,(H,13,14,15);7-8,11H,3-6H2,1-2H3,(H2,10,12)(H,13,14,15);7-8,10H,3-6H2,1-2H3,(H,11,12)(H,13,14,15);5,7H,2-4H2,1H3,(H,8,9)(H,10,11,12)/t15-;2*11-;10-;8?,9-;8-;7?,8-;5-/m00000000/s1. The quantitative estimate of drug-likeness (QED) is 0.0127. The number of ether oxygens (including phenoxy) is 3. The van der Waals surface area contributed by atoms with E-state index in [0.717, 1.165) is 29.5 Å². The van der Waals surface area contributed by atoms with E-state index < -0.39 is 165 Å². The van der Waals surface area contributed by atoms with Gasteiger partial charge in [-0.1, -0.05) is 186 Å². The topological polar surface area (TPSA) is 808 Å². The van der Waals surface area contributed by atoms with Crippen molar-refractivity contribution in [2.75, 3.05) is 112 Å². The van der Waals surface area contributed by atoms with E-state index in [1.807, 2.05) is 160 Å². The highest BCUT2D eigenvalue weighted by Gasteiger charge is 2.28. The molecule has 0 saturated heterocycles. The number of carboxylic acid groups (broad SMARTS) is 3. The Morgan fingerprint density at radius 2 is 0.617 bits per heavy atom. The van der Waals surface area contributed by atoms with Gasteiger partial charge in [-0.2, -0.15) is 67.3 Å². The lowest BCUT2D eigenvalue weighted by atomic mass is 9.99. The number of aliphatic carboxylic acids is 3. The van der Waals surface area contributed by atoms with Crippen molar-refractivity contribution in [3.8, 4) is 0 Å². The molecular formula is C85H154N10O38S8. The maximum Gasteiger partial charge on any atom is 0.323 e. The molecule has 141 heavy (non-hydrogen) atoms. The lowest BCUT2D eigenvalue weighted by Gasteiger charge is -2.21. The van der Waals surface area contributed by atoms with Crippen LogP contribution in [0.2, 0.25) is 0 Å². The van der Waals surface area contributed by atoms with E-state index in [2.05, 4.69) is 53.9 Å². The minimum absolute atomic E-state index is 0.0213. The highest BCUT2D eigenvalue weighted by Crippen LogP contribution is 2.14. The first-order valence-corrected chi connectivity index (χ1v) is 57.7. The lowest BCUT2D eigenvalue weighted by Crippen LogP contribution is -2.43. The van der Waals surface area contributed by atoms with Crippen LogP contribution in [0.4, 0.5) is 0 Å². The molecule has 0 radical (unpaired) electrons. The second-order valence-electron chi connectivity index (χ2n) is 33.1. The van der Waals surface area contributed by atoms with Crippen LogP contribution in [-0.2, 0) is 153 Å². The van der Waals surface area contributed by atoms with Crippen LogP contribution in [0.15, 0.2) is 104 Å². The first-order valence-electron chi connectivity index (χ1n) is 44.8. The third-order valence-corrected chi connectivity index (χ3v) is 25.4. The van der Waals surface area contributed by atoms with Crippen LogP contribution in [0.3, 0.4) is 0 Å². The summed E-state index contributed by atoms with van der Waals surface area (Å²) >= 11 is 0. The van der Waals surface area contributed by atoms with E-state index in [-0.39, 0.29) is 160 Å². The number of nitrogens with two attached hydrogens (primary N) is 2. The number of benzene rings is 3. The smallest absolute Gasteiger partial charge is 0.323 e. The van der Waals surface area contributed by atoms with Crippen molar-refractivity contribution < 1.29 is 172 Å². The molecule has 10 atom stereocenters. The molecule has 56 heteroatoms. The molecule has 0 saturated carbocycles. The molecule has 0 spiro atoms. The maximum atomic E-state index is 12.2. The Morgan fingerprint density at radius 3 is 0.901 bits per heavy atom. The van der Waals surface area contributed by atoms with Crippen molar-refractivity contribution in [3.05, 3.63) is 120 Å². The molecule has 0 fully saturated rings. The molecule has 48 nitrogen and oxygen atoms in total. The predicted octanol–water partition coefficient (Wildman–Crippen LogP) is 3.00. The summed E-state index contributed by atoms with van der Waals surface area (Å²) in [6.07, 6.45) is 6.73. The van der Waals surface area contributed by atoms with Gasteiger partial charge in [0.1, 0.15) is 49.5 Å². The van der Waals surface area contributed by atoms with Crippen LogP contribution in [-0.4, -0.2) is 327 Å². The predicted molar refractivity (Wildman–Crippen MR) is 532 cm³/mol. The molecule has 0 aliphatic heterocycles. The molecule has 0 aromatic heterocycles. The molecule has 0 aliphatic rings. The molecule has 2 unspecified atom stereocenters. The fourth-order valence-corrected chi connectivity index (χ4v) is 15.4. The molecule has 0 bridgehead atoms. The Hall–Kier alpha value is -7.88. The molecular weight excluding hydrogens is 2030 g/mol. The number of hydrogen-bond donors (Lipinski definition) is 21. The third-order valence-electron chi connectivity index (χ3n) is 19.0. The van der Waals surface area contributed by atoms with E-state index in [9.17, 15) is 106 Å². The average Bonchev–Trinajstić information content (AvgIpc) is 0.950. The van der Waals surface area contributed by atoms with Gasteiger partial charge in [0.2, 0.25) is 11.8 Å². The lowest BCUT2D eigenvalue weighted by molar-refractivity contribution is -0.148. The van der Waals surface area contributed by atoms with Crippen molar-refractivity contribution in [3.63, 3.8) is 0 Å². The average molecular weight is 2180 g/mol. The van der Waals surface area contributed by atoms with E-state index in [0.29, 0.717) is 70.2 Å². The van der Waals surface area contributed by atoms with Gasteiger partial charge in [0.25, 0.3) is 80.9 Å². The number of esters is 3. The van der Waals surface area contributed by atoms with Crippen LogP contribution in [0.5, 0.6) is 0 Å². The molecule has 23 N–H and O–H groups in total. The number of nitrogens with one attached hydrogen (secondary N) is 8. The van der Waals surface area contributed by atoms with E-state index >= 15 is 0 Å². The Labute approximate surface area is 831 Å². The number of hydrogen-bond acceptors (Lipinski definition) is 35. The largest absolute Gasteiger partial charge is 0.480 e. The Kier molecular flexibility index (Phi) is 77.9. The van der Waals surface area contributed by atoms with Crippen LogP contribution < -0.4 is 54.0 Å². The highest BCUT2D eigenvalue weighted by molar-refractivity contribution is 7.87. The Morgan fingerprint density at radius 1 is 0.340 bits per heavy atom. The van der Waals surface area contributed by atoms with Gasteiger partial charge in [0.15, 0.2) is 0 Å². The summed E-state index contributed by atoms with van der Waals surface area (Å²) in [6.45, 7) is 26.8.